The molecule has 0 fully saturated rings. The number of hydrogen-bond donors (Lipinski definition) is 1. The Balaban J connectivity index is 1.60. The van der Waals surface area contributed by atoms with Crippen LogP contribution in [0.15, 0.2) is 111 Å². The lowest BCUT2D eigenvalue weighted by molar-refractivity contribution is -0.402. The Bertz CT molecular complexity index is 1510. The summed E-state index contributed by atoms with van der Waals surface area (Å²) in [4.78, 5) is 13.6. The van der Waals surface area contributed by atoms with Crippen LogP contribution < -0.4 is 9.05 Å². The van der Waals surface area contributed by atoms with Gasteiger partial charge in [-0.2, -0.15) is 0 Å². The van der Waals surface area contributed by atoms with Gasteiger partial charge in [0, 0.05) is 17.9 Å². The Labute approximate surface area is 240 Å². The van der Waals surface area contributed by atoms with Gasteiger partial charge in [-0.1, -0.05) is 54.1 Å². The molecule has 0 radical (unpaired) electrons. The molecule has 0 aliphatic carbocycles. The van der Waals surface area contributed by atoms with Crippen molar-refractivity contribution in [2.45, 2.75) is 31.8 Å². The first-order chi connectivity index (χ1) is 19.9. The van der Waals surface area contributed by atoms with E-state index in [1.807, 2.05) is 34.5 Å². The summed E-state index contributed by atoms with van der Waals surface area (Å²) in [6, 6.07) is 23.8. The SMILES string of the molecule is O=[N+]([O-])c1ccc(CN2/C(=N\P(=O)(Oc3ccccc3)Oc3ccccc3)CC(CCCO)=CC2c2cccs2)o1. The molecule has 1 unspecified atom stereocenters. The summed E-state index contributed by atoms with van der Waals surface area (Å²) >= 11 is 1.54. The molecule has 12 heteroatoms. The molecule has 4 aromatic rings. The molecule has 1 atom stereocenters. The van der Waals surface area contributed by atoms with Crippen LogP contribution in [0.5, 0.6) is 11.5 Å². The Hall–Kier alpha value is -4.18. The Morgan fingerprint density at radius 2 is 1.71 bits per heavy atom. The van der Waals surface area contributed by atoms with Crippen molar-refractivity contribution < 1.29 is 28.1 Å². The molecule has 10 nitrogen and oxygen atoms in total. The van der Waals surface area contributed by atoms with Crippen molar-refractivity contribution >= 4 is 30.8 Å². The van der Waals surface area contributed by atoms with Gasteiger partial charge in [0.2, 0.25) is 0 Å². The van der Waals surface area contributed by atoms with Crippen LogP contribution in [0.2, 0.25) is 0 Å². The van der Waals surface area contributed by atoms with Crippen LogP contribution >= 0.6 is 19.1 Å². The molecular weight excluding hydrogens is 565 g/mol. The van der Waals surface area contributed by atoms with Gasteiger partial charge in [0.1, 0.15) is 28.0 Å². The van der Waals surface area contributed by atoms with Gasteiger partial charge in [-0.15, -0.1) is 16.1 Å². The predicted octanol–water partition coefficient (Wildman–Crippen LogP) is 7.56. The number of aliphatic hydroxyl groups is 1. The van der Waals surface area contributed by atoms with E-state index in [0.717, 1.165) is 10.5 Å². The van der Waals surface area contributed by atoms with Crippen molar-refractivity contribution in [3.8, 4) is 11.5 Å². The second-order valence-corrected chi connectivity index (χ2v) is 11.7. The molecule has 2 aromatic heterocycles. The molecule has 1 N–H and O–H groups in total. The zero-order valence-electron chi connectivity index (χ0n) is 21.9. The highest BCUT2D eigenvalue weighted by Gasteiger charge is 2.35. The average molecular weight is 594 g/mol. The van der Waals surface area contributed by atoms with Gasteiger partial charge < -0.3 is 23.5 Å². The second-order valence-electron chi connectivity index (χ2n) is 9.21. The van der Waals surface area contributed by atoms with Gasteiger partial charge >= 0.3 is 13.6 Å². The fourth-order valence-corrected chi connectivity index (χ4v) is 6.61. The topological polar surface area (TPSA) is 128 Å². The van der Waals surface area contributed by atoms with E-state index in [9.17, 15) is 19.8 Å². The molecule has 1 aliphatic heterocycles. The molecule has 0 saturated carbocycles. The van der Waals surface area contributed by atoms with Crippen LogP contribution in [0.3, 0.4) is 0 Å². The van der Waals surface area contributed by atoms with Crippen molar-refractivity contribution in [1.29, 1.82) is 0 Å². The van der Waals surface area contributed by atoms with E-state index >= 15 is 0 Å². The van der Waals surface area contributed by atoms with Crippen molar-refractivity contribution in [2.75, 3.05) is 6.61 Å². The lowest BCUT2D eigenvalue weighted by Gasteiger charge is -2.36. The molecule has 0 saturated heterocycles. The first-order valence-corrected chi connectivity index (χ1v) is 15.3. The third kappa shape index (κ3) is 7.32. The fourth-order valence-electron chi connectivity index (χ4n) is 4.44. The molecule has 0 bridgehead atoms. The van der Waals surface area contributed by atoms with Crippen LogP contribution in [-0.2, 0) is 11.1 Å². The number of rotatable bonds is 12. The van der Waals surface area contributed by atoms with E-state index in [-0.39, 0.29) is 25.1 Å². The molecular formula is C29H28N3O7PS. The Morgan fingerprint density at radius 1 is 1.02 bits per heavy atom. The van der Waals surface area contributed by atoms with Crippen LogP contribution in [0, 0.1) is 10.1 Å². The number of para-hydroxylation sites is 2. The highest BCUT2D eigenvalue weighted by atomic mass is 32.1. The van der Waals surface area contributed by atoms with Gasteiger partial charge in [0.15, 0.2) is 0 Å². The summed E-state index contributed by atoms with van der Waals surface area (Å²) in [6.45, 7) is 0.148. The normalized spacial score (nSPS) is 16.4. The summed E-state index contributed by atoms with van der Waals surface area (Å²) in [5.74, 6) is 1.04. The smallest absolute Gasteiger partial charge is 0.404 e. The van der Waals surface area contributed by atoms with Crippen LogP contribution in [-0.4, -0.2) is 27.4 Å². The molecule has 3 heterocycles. The summed E-state index contributed by atoms with van der Waals surface area (Å²) in [6.07, 6.45) is 3.57. The maximum Gasteiger partial charge on any atom is 0.564 e. The van der Waals surface area contributed by atoms with Crippen molar-refractivity contribution in [1.82, 2.24) is 4.90 Å². The minimum absolute atomic E-state index is 0.0278. The molecule has 41 heavy (non-hydrogen) atoms. The van der Waals surface area contributed by atoms with Crippen LogP contribution in [0.1, 0.15) is 35.9 Å². The Kier molecular flexibility index (Phi) is 8.98. The number of nitro groups is 1. The quantitative estimate of drug-likeness (QED) is 0.0771. The molecule has 212 valence electrons. The maximum atomic E-state index is 14.4. The van der Waals surface area contributed by atoms with E-state index in [4.69, 9.17) is 13.5 Å². The first kappa shape index (κ1) is 28.4. The van der Waals surface area contributed by atoms with E-state index in [1.54, 1.807) is 65.9 Å². The zero-order chi connectivity index (χ0) is 28.7. The largest absolute Gasteiger partial charge is 0.564 e. The van der Waals surface area contributed by atoms with E-state index in [1.165, 1.54) is 6.07 Å². The van der Waals surface area contributed by atoms with Gasteiger partial charge in [-0.3, -0.25) is 10.1 Å². The number of benzene rings is 2. The van der Waals surface area contributed by atoms with E-state index in [0.29, 0.717) is 42.4 Å². The summed E-state index contributed by atoms with van der Waals surface area (Å²) in [7, 11) is -4.21. The minimum atomic E-state index is -4.21. The van der Waals surface area contributed by atoms with Gasteiger partial charge in [0.05, 0.1) is 18.7 Å². The second kappa shape index (κ2) is 13.0. The molecule has 0 spiro atoms. The first-order valence-electron chi connectivity index (χ1n) is 12.9. The lowest BCUT2D eigenvalue weighted by Crippen LogP contribution is -2.37. The summed E-state index contributed by atoms with van der Waals surface area (Å²) in [5.41, 5.74) is 1.00. The average Bonchev–Trinajstić information content (AvgIpc) is 3.67. The van der Waals surface area contributed by atoms with Crippen molar-refractivity contribution in [2.24, 2.45) is 4.76 Å². The molecule has 0 amide bonds. The van der Waals surface area contributed by atoms with Gasteiger partial charge in [-0.05, 0) is 54.6 Å². The summed E-state index contributed by atoms with van der Waals surface area (Å²) < 4.78 is 36.4. The highest BCUT2D eigenvalue weighted by Crippen LogP contribution is 2.51. The number of nitrogens with zero attached hydrogens (tertiary/aromatic N) is 3. The predicted molar refractivity (Wildman–Crippen MR) is 156 cm³/mol. The number of aliphatic hydroxyl groups excluding tert-OH is 1. The van der Waals surface area contributed by atoms with Gasteiger partial charge in [-0.25, -0.2) is 4.57 Å². The van der Waals surface area contributed by atoms with E-state index < -0.39 is 12.7 Å². The number of furan rings is 1. The highest BCUT2D eigenvalue weighted by molar-refractivity contribution is 7.53. The third-order valence-corrected chi connectivity index (χ3v) is 8.56. The number of thiophene rings is 1. The summed E-state index contributed by atoms with van der Waals surface area (Å²) in [5, 5.41) is 22.7. The number of amidine groups is 1. The third-order valence-electron chi connectivity index (χ3n) is 6.26. The van der Waals surface area contributed by atoms with E-state index in [2.05, 4.69) is 10.8 Å². The van der Waals surface area contributed by atoms with Crippen LogP contribution in [0.4, 0.5) is 5.88 Å². The molecule has 5 rings (SSSR count). The minimum Gasteiger partial charge on any atom is -0.404 e. The molecule has 1 aliphatic rings. The number of hydrogen-bond acceptors (Lipinski definition) is 8. The fraction of sp³-hybridized carbons (Fsp3) is 0.207. The van der Waals surface area contributed by atoms with Crippen molar-refractivity contribution in [3.63, 3.8) is 0 Å². The standard InChI is InChI=1S/C29H28N3O7PS/c33-17-7-9-22-19-26(27-14-8-18-41-27)31(21-25-15-16-29(37-25)32(34)35)28(20-22)30-40(36,38-23-10-3-1-4-11-23)39-24-12-5-2-6-13-24/h1-6,8,10-16,18-19,26,33H,7,9,17,20-21H2/b30-28-. The van der Waals surface area contributed by atoms with Crippen molar-refractivity contribution in [3.05, 3.63) is 123 Å². The zero-order valence-corrected chi connectivity index (χ0v) is 23.7. The Morgan fingerprint density at radius 3 is 2.27 bits per heavy atom. The van der Waals surface area contributed by atoms with Gasteiger partial charge in [0.25, 0.3) is 0 Å². The van der Waals surface area contributed by atoms with Crippen LogP contribution in [0.25, 0.3) is 0 Å². The monoisotopic (exact) mass is 593 g/mol. The maximum absolute atomic E-state index is 14.4. The molecule has 2 aromatic carbocycles. The lowest BCUT2D eigenvalue weighted by atomic mass is 9.96.